The van der Waals surface area contributed by atoms with Crippen LogP contribution in [0, 0.1) is 0 Å². The lowest BCUT2D eigenvalue weighted by atomic mass is 9.91. The van der Waals surface area contributed by atoms with Crippen LogP contribution in [0.3, 0.4) is 0 Å². The number of fused-ring (bicyclic) bond motifs is 2. The molecule has 28 heavy (non-hydrogen) atoms. The van der Waals surface area contributed by atoms with Crippen LogP contribution in [-0.2, 0) is 0 Å². The molecule has 4 aromatic carbocycles. The van der Waals surface area contributed by atoms with Gasteiger partial charge in [0.1, 0.15) is 0 Å². The van der Waals surface area contributed by atoms with E-state index in [0.29, 0.717) is 0 Å². The molecule has 0 aliphatic carbocycles. The van der Waals surface area contributed by atoms with E-state index in [0.717, 1.165) is 26.2 Å². The summed E-state index contributed by atoms with van der Waals surface area (Å²) in [6, 6.07) is 31.5. The van der Waals surface area contributed by atoms with Crippen molar-refractivity contribution in [3.05, 3.63) is 96.1 Å². The molecule has 1 unspecified atom stereocenters. The summed E-state index contributed by atoms with van der Waals surface area (Å²) < 4.78 is 0. The maximum atomic E-state index is 3.56. The quantitative estimate of drug-likeness (QED) is 0.524. The van der Waals surface area contributed by atoms with E-state index in [1.54, 1.807) is 0 Å². The van der Waals surface area contributed by atoms with E-state index in [9.17, 15) is 0 Å². The first-order chi connectivity index (χ1) is 13.9. The van der Waals surface area contributed by atoms with E-state index in [2.05, 4.69) is 95.1 Å². The molecule has 1 fully saturated rings. The van der Waals surface area contributed by atoms with Gasteiger partial charge in [-0.05, 0) is 51.7 Å². The third kappa shape index (κ3) is 3.30. The second-order valence-electron chi connectivity index (χ2n) is 7.72. The number of nitrogens with zero attached hydrogens (tertiary/aromatic N) is 1. The van der Waals surface area contributed by atoms with Crippen LogP contribution in [0.4, 0.5) is 0 Å². The van der Waals surface area contributed by atoms with E-state index in [-0.39, 0.29) is 6.04 Å². The first kappa shape index (κ1) is 17.4. The summed E-state index contributed by atoms with van der Waals surface area (Å²) >= 11 is 0. The van der Waals surface area contributed by atoms with Crippen molar-refractivity contribution in [3.63, 3.8) is 0 Å². The van der Waals surface area contributed by atoms with Gasteiger partial charge < -0.3 is 5.32 Å². The largest absolute Gasteiger partial charge is 0.315 e. The Labute approximate surface area is 166 Å². The molecule has 0 saturated carbocycles. The van der Waals surface area contributed by atoms with Crippen molar-refractivity contribution >= 4 is 21.5 Å². The molecule has 1 N–H and O–H groups in total. The van der Waals surface area contributed by atoms with Gasteiger partial charge in [0.2, 0.25) is 0 Å². The van der Waals surface area contributed by atoms with Crippen molar-refractivity contribution in [3.8, 4) is 0 Å². The van der Waals surface area contributed by atoms with E-state index in [4.69, 9.17) is 0 Å². The van der Waals surface area contributed by atoms with Crippen LogP contribution in [0.25, 0.3) is 21.5 Å². The van der Waals surface area contributed by atoms with Gasteiger partial charge >= 0.3 is 0 Å². The Hall–Kier alpha value is -2.68. The average Bonchev–Trinajstić information content (AvgIpc) is 3.03. The molecule has 1 heterocycles. The highest BCUT2D eigenvalue weighted by atomic mass is 15.2. The fourth-order valence-corrected chi connectivity index (χ4v) is 4.58. The summed E-state index contributed by atoms with van der Waals surface area (Å²) in [5.74, 6) is 0. The Bertz CT molecular complexity index is 1090. The van der Waals surface area contributed by atoms with Gasteiger partial charge in [0.25, 0.3) is 0 Å². The molecule has 140 valence electrons. The second kappa shape index (κ2) is 7.75. The van der Waals surface area contributed by atoms with Gasteiger partial charge in [-0.1, -0.05) is 78.9 Å². The molecule has 5 rings (SSSR count). The Morgan fingerprint density at radius 1 is 0.679 bits per heavy atom. The smallest absolute Gasteiger partial charge is 0.0608 e. The molecule has 0 aromatic heterocycles. The highest BCUT2D eigenvalue weighted by Crippen LogP contribution is 2.35. The maximum Gasteiger partial charge on any atom is 0.0608 e. The minimum Gasteiger partial charge on any atom is -0.315 e. The van der Waals surface area contributed by atoms with Crippen LogP contribution in [0.1, 0.15) is 23.6 Å². The van der Waals surface area contributed by atoms with Crippen molar-refractivity contribution in [2.45, 2.75) is 12.5 Å². The van der Waals surface area contributed by atoms with Crippen LogP contribution in [-0.4, -0.2) is 31.1 Å². The number of nitrogens with one attached hydrogen (secondary N) is 1. The molecule has 1 aliphatic rings. The summed E-state index contributed by atoms with van der Waals surface area (Å²) in [4.78, 5) is 2.66. The molecular formula is C26H26N2. The lowest BCUT2D eigenvalue weighted by molar-refractivity contribution is 0.242. The second-order valence-corrected chi connectivity index (χ2v) is 7.72. The topological polar surface area (TPSA) is 15.3 Å². The predicted octanol–water partition coefficient (Wildman–Crippen LogP) is 5.38. The lowest BCUT2D eigenvalue weighted by Gasteiger charge is -2.32. The molecule has 1 aliphatic heterocycles. The highest BCUT2D eigenvalue weighted by Gasteiger charge is 2.24. The minimum atomic E-state index is 0.274. The van der Waals surface area contributed by atoms with Gasteiger partial charge in [0.05, 0.1) is 6.04 Å². The van der Waals surface area contributed by atoms with E-state index in [1.807, 2.05) is 0 Å². The zero-order valence-electron chi connectivity index (χ0n) is 16.1. The summed E-state index contributed by atoms with van der Waals surface area (Å²) in [5, 5.41) is 8.86. The first-order valence-corrected chi connectivity index (χ1v) is 10.3. The van der Waals surface area contributed by atoms with Crippen molar-refractivity contribution in [2.75, 3.05) is 26.2 Å². The molecule has 2 nitrogen and oxygen atoms in total. The summed E-state index contributed by atoms with van der Waals surface area (Å²) in [7, 11) is 0. The van der Waals surface area contributed by atoms with Gasteiger partial charge in [0, 0.05) is 19.6 Å². The van der Waals surface area contributed by atoms with Gasteiger partial charge in [-0.15, -0.1) is 0 Å². The number of hydrogen-bond acceptors (Lipinski definition) is 2. The fraction of sp³-hybridized carbons (Fsp3) is 0.231. The third-order valence-corrected chi connectivity index (χ3v) is 5.95. The average molecular weight is 367 g/mol. The van der Waals surface area contributed by atoms with Crippen LogP contribution in [0.15, 0.2) is 84.9 Å². The number of rotatable bonds is 3. The highest BCUT2D eigenvalue weighted by molar-refractivity contribution is 5.87. The summed E-state index contributed by atoms with van der Waals surface area (Å²) in [6.45, 7) is 4.35. The Balaban J connectivity index is 1.69. The maximum absolute atomic E-state index is 3.56. The zero-order chi connectivity index (χ0) is 18.8. The number of hydrogen-bond donors (Lipinski definition) is 1. The SMILES string of the molecule is c1ccc2cc(C(c3cccc4ccccc34)N3CCCNCC3)ccc2c1. The van der Waals surface area contributed by atoms with Gasteiger partial charge in [-0.2, -0.15) is 0 Å². The van der Waals surface area contributed by atoms with Crippen molar-refractivity contribution in [1.82, 2.24) is 10.2 Å². The molecule has 0 radical (unpaired) electrons. The zero-order valence-corrected chi connectivity index (χ0v) is 16.1. The molecule has 1 saturated heterocycles. The molecule has 0 spiro atoms. The molecule has 2 heteroatoms. The van der Waals surface area contributed by atoms with E-state index >= 15 is 0 Å². The van der Waals surface area contributed by atoms with Crippen LogP contribution < -0.4 is 5.32 Å². The van der Waals surface area contributed by atoms with Crippen molar-refractivity contribution in [1.29, 1.82) is 0 Å². The van der Waals surface area contributed by atoms with Crippen molar-refractivity contribution in [2.24, 2.45) is 0 Å². The van der Waals surface area contributed by atoms with Crippen LogP contribution in [0.5, 0.6) is 0 Å². The lowest BCUT2D eigenvalue weighted by Crippen LogP contribution is -2.33. The molecular weight excluding hydrogens is 340 g/mol. The fourth-order valence-electron chi connectivity index (χ4n) is 4.58. The van der Waals surface area contributed by atoms with Gasteiger partial charge in [-0.25, -0.2) is 0 Å². The van der Waals surface area contributed by atoms with Crippen LogP contribution in [0.2, 0.25) is 0 Å². The van der Waals surface area contributed by atoms with E-state index in [1.165, 1.54) is 39.1 Å². The Kier molecular flexibility index (Phi) is 4.82. The molecule has 4 aromatic rings. The normalized spacial score (nSPS) is 16.9. The van der Waals surface area contributed by atoms with E-state index < -0.39 is 0 Å². The van der Waals surface area contributed by atoms with Crippen molar-refractivity contribution < 1.29 is 0 Å². The Morgan fingerprint density at radius 2 is 1.46 bits per heavy atom. The van der Waals surface area contributed by atoms with Gasteiger partial charge in [-0.3, -0.25) is 4.90 Å². The van der Waals surface area contributed by atoms with Crippen LogP contribution >= 0.6 is 0 Å². The standard InChI is InChI=1S/C26H26N2/c1-2-9-22-19-23(14-13-20(22)7-1)26(28-17-6-15-27-16-18-28)25-12-5-10-21-8-3-4-11-24(21)25/h1-5,7-14,19,26-27H,6,15-18H2. The minimum absolute atomic E-state index is 0.274. The third-order valence-electron chi connectivity index (χ3n) is 5.95. The molecule has 0 amide bonds. The first-order valence-electron chi connectivity index (χ1n) is 10.3. The Morgan fingerprint density at radius 3 is 2.39 bits per heavy atom. The monoisotopic (exact) mass is 366 g/mol. The molecule has 1 atom stereocenters. The van der Waals surface area contributed by atoms with Gasteiger partial charge in [0.15, 0.2) is 0 Å². The number of benzene rings is 4. The molecule has 0 bridgehead atoms. The predicted molar refractivity (Wildman–Crippen MR) is 119 cm³/mol. The summed E-state index contributed by atoms with van der Waals surface area (Å²) in [5.41, 5.74) is 2.80. The summed E-state index contributed by atoms with van der Waals surface area (Å²) in [6.07, 6.45) is 1.19.